The number of aromatic nitrogens is 1. The highest BCUT2D eigenvalue weighted by Gasteiger charge is 2.20. The van der Waals surface area contributed by atoms with Crippen molar-refractivity contribution in [3.05, 3.63) is 82.8 Å². The average molecular weight is 446 g/mol. The van der Waals surface area contributed by atoms with Gasteiger partial charge in [-0.25, -0.2) is 9.59 Å². The molecule has 168 valence electrons. The number of ether oxygens (including phenoxy) is 1. The van der Waals surface area contributed by atoms with Crippen LogP contribution in [0.25, 0.3) is 22.2 Å². The summed E-state index contributed by atoms with van der Waals surface area (Å²) in [4.78, 5) is 37.6. The van der Waals surface area contributed by atoms with E-state index >= 15 is 0 Å². The quantitative estimate of drug-likeness (QED) is 0.428. The van der Waals surface area contributed by atoms with Crippen LogP contribution in [0.15, 0.2) is 76.1 Å². The van der Waals surface area contributed by atoms with Gasteiger partial charge in [-0.1, -0.05) is 24.3 Å². The first-order chi connectivity index (χ1) is 15.6. The van der Waals surface area contributed by atoms with Crippen molar-refractivity contribution >= 4 is 28.7 Å². The third-order valence-electron chi connectivity index (χ3n) is 4.74. The second kappa shape index (κ2) is 8.31. The highest BCUT2D eigenvalue weighted by molar-refractivity contribution is 6.05. The van der Waals surface area contributed by atoms with Gasteiger partial charge in [-0.15, -0.1) is 0 Å². The molecule has 0 aliphatic heterocycles. The molecule has 0 aliphatic rings. The van der Waals surface area contributed by atoms with Gasteiger partial charge < -0.3 is 19.6 Å². The Balaban J connectivity index is 1.62. The van der Waals surface area contributed by atoms with Crippen LogP contribution in [-0.2, 0) is 4.74 Å². The van der Waals surface area contributed by atoms with E-state index in [0.717, 1.165) is 0 Å². The van der Waals surface area contributed by atoms with E-state index < -0.39 is 23.2 Å². The van der Waals surface area contributed by atoms with Crippen LogP contribution in [-0.4, -0.2) is 27.3 Å². The average Bonchev–Trinajstić information content (AvgIpc) is 3.23. The zero-order valence-corrected chi connectivity index (χ0v) is 18.3. The standard InChI is InChI=1S/C25H22N2O6/c1-25(2,3)33-24(31)27-12-6-10-19(27)15-7-4-9-17(13-15)26-22(29)18-14-16-8-5-11-20(28)21(16)32-23(18)30/h4-14,28H,1-3H3,(H,26,29). The third kappa shape index (κ3) is 4.64. The van der Waals surface area contributed by atoms with Crippen molar-refractivity contribution in [3.8, 4) is 17.0 Å². The molecule has 4 aromatic rings. The van der Waals surface area contributed by atoms with Crippen LogP contribution in [0.4, 0.5) is 10.5 Å². The summed E-state index contributed by atoms with van der Waals surface area (Å²) in [6.07, 6.45) is 1.08. The van der Waals surface area contributed by atoms with Gasteiger partial charge in [0.2, 0.25) is 0 Å². The number of nitrogens with zero attached hydrogens (tertiary/aromatic N) is 1. The van der Waals surface area contributed by atoms with Crippen LogP contribution in [0.3, 0.4) is 0 Å². The maximum atomic E-state index is 12.8. The maximum absolute atomic E-state index is 12.8. The lowest BCUT2D eigenvalue weighted by molar-refractivity contribution is 0.0540. The van der Waals surface area contributed by atoms with Gasteiger partial charge in [0.25, 0.3) is 5.91 Å². The van der Waals surface area contributed by atoms with Crippen LogP contribution < -0.4 is 10.9 Å². The number of anilines is 1. The smallest absolute Gasteiger partial charge is 0.418 e. The number of hydrogen-bond donors (Lipinski definition) is 2. The number of amides is 1. The summed E-state index contributed by atoms with van der Waals surface area (Å²) >= 11 is 0. The Hall–Kier alpha value is -4.33. The van der Waals surface area contributed by atoms with Crippen molar-refractivity contribution < 1.29 is 23.8 Å². The lowest BCUT2D eigenvalue weighted by atomic mass is 10.1. The summed E-state index contributed by atoms with van der Waals surface area (Å²) in [6, 6.07) is 16.3. The van der Waals surface area contributed by atoms with E-state index in [1.54, 1.807) is 75.5 Å². The molecule has 8 nitrogen and oxygen atoms in total. The van der Waals surface area contributed by atoms with Gasteiger partial charge in [0.05, 0.1) is 5.69 Å². The van der Waals surface area contributed by atoms with E-state index in [1.807, 2.05) is 0 Å². The fourth-order valence-electron chi connectivity index (χ4n) is 3.33. The molecule has 0 bridgehead atoms. The summed E-state index contributed by atoms with van der Waals surface area (Å²) in [6.45, 7) is 5.36. The highest BCUT2D eigenvalue weighted by atomic mass is 16.6. The van der Waals surface area contributed by atoms with E-state index in [1.165, 1.54) is 16.7 Å². The Morgan fingerprint density at radius 3 is 2.55 bits per heavy atom. The number of aromatic hydroxyl groups is 1. The molecule has 2 heterocycles. The number of phenols is 1. The first-order valence-corrected chi connectivity index (χ1v) is 10.2. The minimum Gasteiger partial charge on any atom is -0.504 e. The number of carbonyl (C=O) groups excluding carboxylic acids is 2. The van der Waals surface area contributed by atoms with Crippen molar-refractivity contribution in [2.75, 3.05) is 5.32 Å². The SMILES string of the molecule is CC(C)(C)OC(=O)n1cccc1-c1cccc(NC(=O)c2cc3cccc(O)c3oc2=O)c1. The Morgan fingerprint density at radius 1 is 1.03 bits per heavy atom. The monoisotopic (exact) mass is 446 g/mol. The molecule has 2 N–H and O–H groups in total. The molecule has 0 atom stereocenters. The molecule has 1 amide bonds. The van der Waals surface area contributed by atoms with Gasteiger partial charge in [0.15, 0.2) is 11.3 Å². The normalized spacial score (nSPS) is 11.4. The second-order valence-corrected chi connectivity index (χ2v) is 8.42. The second-order valence-electron chi connectivity index (χ2n) is 8.42. The summed E-state index contributed by atoms with van der Waals surface area (Å²) in [5.41, 5.74) is -0.0207. The molecule has 0 aliphatic carbocycles. The topological polar surface area (TPSA) is 111 Å². The van der Waals surface area contributed by atoms with Crippen LogP contribution in [0.2, 0.25) is 0 Å². The molecular weight excluding hydrogens is 424 g/mol. The first kappa shape index (κ1) is 21.9. The molecule has 33 heavy (non-hydrogen) atoms. The zero-order valence-electron chi connectivity index (χ0n) is 18.3. The molecule has 0 fully saturated rings. The highest BCUT2D eigenvalue weighted by Crippen LogP contribution is 2.26. The van der Waals surface area contributed by atoms with Crippen LogP contribution in [0.1, 0.15) is 31.1 Å². The van der Waals surface area contributed by atoms with Gasteiger partial charge in [-0.05, 0) is 57.2 Å². The predicted octanol–water partition coefficient (Wildman–Crippen LogP) is 5.00. The van der Waals surface area contributed by atoms with E-state index in [9.17, 15) is 19.5 Å². The van der Waals surface area contributed by atoms with Gasteiger partial charge in [0.1, 0.15) is 11.2 Å². The number of para-hydroxylation sites is 1. The molecule has 0 radical (unpaired) electrons. The van der Waals surface area contributed by atoms with E-state index in [-0.39, 0.29) is 16.9 Å². The van der Waals surface area contributed by atoms with Crippen LogP contribution in [0.5, 0.6) is 5.75 Å². The molecule has 2 aromatic heterocycles. The van der Waals surface area contributed by atoms with Gasteiger partial charge in [0, 0.05) is 22.8 Å². The Morgan fingerprint density at radius 2 is 1.79 bits per heavy atom. The van der Waals surface area contributed by atoms with E-state index in [2.05, 4.69) is 5.32 Å². The minimum atomic E-state index is -0.864. The number of hydrogen-bond acceptors (Lipinski definition) is 6. The largest absolute Gasteiger partial charge is 0.504 e. The van der Waals surface area contributed by atoms with Gasteiger partial charge in [-0.2, -0.15) is 0 Å². The number of phenolic OH excluding ortho intramolecular Hbond substituents is 1. The molecule has 2 aromatic carbocycles. The van der Waals surface area contributed by atoms with Crippen LogP contribution >= 0.6 is 0 Å². The lowest BCUT2D eigenvalue weighted by Gasteiger charge is -2.20. The number of benzene rings is 2. The fraction of sp³-hybridized carbons (Fsp3) is 0.160. The predicted molar refractivity (Wildman–Crippen MR) is 124 cm³/mol. The molecular formula is C25H22N2O6. The van der Waals surface area contributed by atoms with Crippen molar-refractivity contribution in [2.45, 2.75) is 26.4 Å². The first-order valence-electron chi connectivity index (χ1n) is 10.2. The van der Waals surface area contributed by atoms with E-state index in [4.69, 9.17) is 9.15 Å². The third-order valence-corrected chi connectivity index (χ3v) is 4.74. The van der Waals surface area contributed by atoms with Gasteiger partial charge >= 0.3 is 11.7 Å². The molecule has 0 saturated heterocycles. The van der Waals surface area contributed by atoms with Crippen molar-refractivity contribution in [2.24, 2.45) is 0 Å². The van der Waals surface area contributed by atoms with Crippen molar-refractivity contribution in [3.63, 3.8) is 0 Å². The number of carbonyl (C=O) groups is 2. The lowest BCUT2D eigenvalue weighted by Crippen LogP contribution is -2.27. The van der Waals surface area contributed by atoms with Crippen molar-refractivity contribution in [1.82, 2.24) is 4.57 Å². The summed E-state index contributed by atoms with van der Waals surface area (Å²) < 4.78 is 12.0. The summed E-state index contributed by atoms with van der Waals surface area (Å²) in [5.74, 6) is -0.842. The number of rotatable bonds is 3. The summed E-state index contributed by atoms with van der Waals surface area (Å²) in [5, 5.41) is 12.9. The maximum Gasteiger partial charge on any atom is 0.418 e. The Kier molecular flexibility index (Phi) is 5.51. The van der Waals surface area contributed by atoms with E-state index in [0.29, 0.717) is 22.3 Å². The Bertz CT molecular complexity index is 1420. The number of nitrogens with one attached hydrogen (secondary N) is 1. The zero-order chi connectivity index (χ0) is 23.8. The number of fused-ring (bicyclic) bond motifs is 1. The van der Waals surface area contributed by atoms with Gasteiger partial charge in [-0.3, -0.25) is 9.36 Å². The van der Waals surface area contributed by atoms with Crippen LogP contribution in [0, 0.1) is 0 Å². The molecule has 0 saturated carbocycles. The molecule has 8 heteroatoms. The molecule has 0 unspecified atom stereocenters. The molecule has 0 spiro atoms. The Labute approximate surface area is 189 Å². The summed E-state index contributed by atoms with van der Waals surface area (Å²) in [7, 11) is 0. The van der Waals surface area contributed by atoms with Crippen molar-refractivity contribution in [1.29, 1.82) is 0 Å². The minimum absolute atomic E-state index is 0.0175. The fourth-order valence-corrected chi connectivity index (χ4v) is 3.33. The molecule has 4 rings (SSSR count).